The average molecular weight is 345 g/mol. The Kier molecular flexibility index (Phi) is 4.98. The molecule has 0 aliphatic carbocycles. The maximum atomic E-state index is 12.8. The third kappa shape index (κ3) is 3.63. The molecule has 25 heavy (non-hydrogen) atoms. The number of ether oxygens (including phenoxy) is 2. The number of carbonyl (C=O) groups excluding carboxylic acids is 1. The Morgan fingerprint density at radius 3 is 2.96 bits per heavy atom. The van der Waals surface area contributed by atoms with Gasteiger partial charge >= 0.3 is 0 Å². The molecular formula is C17H23N5O3. The molecule has 2 aromatic heterocycles. The Morgan fingerprint density at radius 2 is 2.28 bits per heavy atom. The topological polar surface area (TPSA) is 93.2 Å². The number of aromatic nitrogens is 4. The van der Waals surface area contributed by atoms with Crippen LogP contribution in [0.3, 0.4) is 0 Å². The van der Waals surface area contributed by atoms with Gasteiger partial charge in [-0.3, -0.25) is 9.89 Å². The maximum Gasteiger partial charge on any atom is 0.276 e. The number of likely N-dealkylation sites (N-methyl/N-ethyl adjacent to an activating group) is 1. The number of aromatic amines is 1. The second-order valence-corrected chi connectivity index (χ2v) is 6.33. The Balaban J connectivity index is 1.73. The molecule has 3 heterocycles. The van der Waals surface area contributed by atoms with Gasteiger partial charge in [0.1, 0.15) is 11.6 Å². The molecule has 8 nitrogen and oxygen atoms in total. The van der Waals surface area contributed by atoms with Crippen molar-refractivity contribution in [3.05, 3.63) is 35.2 Å². The fraction of sp³-hybridized carbons (Fsp3) is 0.529. The third-order valence-electron chi connectivity index (χ3n) is 4.37. The zero-order valence-corrected chi connectivity index (χ0v) is 14.9. The summed E-state index contributed by atoms with van der Waals surface area (Å²) in [6, 6.07) is 1.80. The maximum absolute atomic E-state index is 12.8. The molecule has 1 N–H and O–H groups in total. The molecule has 2 atom stereocenters. The molecule has 1 fully saturated rings. The molecule has 0 spiro atoms. The van der Waals surface area contributed by atoms with Gasteiger partial charge in [0.25, 0.3) is 5.91 Å². The van der Waals surface area contributed by atoms with Crippen molar-refractivity contribution in [3.8, 4) is 5.75 Å². The third-order valence-corrected chi connectivity index (χ3v) is 4.37. The molecule has 0 aromatic carbocycles. The standard InChI is InChI=1S/C17H23N5O3/c1-10-7-13(24-4)15(18-8-10)17(23)22(3)9-14-12(5-6-25-14)16-19-11(2)20-21-16/h7-8,12,14H,5-6,9H2,1-4H3,(H,19,20,21)/t12-,14-/m1/s1. The summed E-state index contributed by atoms with van der Waals surface area (Å²) in [5.41, 5.74) is 1.24. The summed E-state index contributed by atoms with van der Waals surface area (Å²) in [6.07, 6.45) is 2.37. The van der Waals surface area contributed by atoms with E-state index < -0.39 is 0 Å². The minimum atomic E-state index is -0.197. The summed E-state index contributed by atoms with van der Waals surface area (Å²) in [5, 5.41) is 7.11. The van der Waals surface area contributed by atoms with Crippen LogP contribution in [0, 0.1) is 13.8 Å². The van der Waals surface area contributed by atoms with E-state index in [2.05, 4.69) is 20.2 Å². The number of pyridine rings is 1. The lowest BCUT2D eigenvalue weighted by atomic mass is 10.0. The highest BCUT2D eigenvalue weighted by atomic mass is 16.5. The SMILES string of the molecule is COc1cc(C)cnc1C(=O)N(C)C[C@H]1OCC[C@H]1c1n[nH]c(C)n1. The van der Waals surface area contributed by atoms with E-state index in [1.54, 1.807) is 24.2 Å². The number of methoxy groups -OCH3 is 1. The first kappa shape index (κ1) is 17.3. The van der Waals surface area contributed by atoms with Gasteiger partial charge in [0, 0.05) is 26.4 Å². The van der Waals surface area contributed by atoms with E-state index in [9.17, 15) is 4.79 Å². The van der Waals surface area contributed by atoms with Crippen molar-refractivity contribution in [2.45, 2.75) is 32.3 Å². The van der Waals surface area contributed by atoms with Gasteiger partial charge in [-0.15, -0.1) is 0 Å². The average Bonchev–Trinajstić information content (AvgIpc) is 3.22. The highest BCUT2D eigenvalue weighted by Crippen LogP contribution is 2.30. The molecule has 8 heteroatoms. The number of carbonyl (C=O) groups is 1. The molecule has 134 valence electrons. The number of hydrogen-bond donors (Lipinski definition) is 1. The van der Waals surface area contributed by atoms with Crippen LogP contribution in [-0.4, -0.2) is 64.4 Å². The van der Waals surface area contributed by atoms with Crippen LogP contribution in [0.4, 0.5) is 0 Å². The predicted octanol–water partition coefficient (Wildman–Crippen LogP) is 1.47. The molecule has 2 aromatic rings. The molecule has 3 rings (SSSR count). The van der Waals surface area contributed by atoms with Gasteiger partial charge < -0.3 is 14.4 Å². The normalized spacial score (nSPS) is 19.8. The Morgan fingerprint density at radius 1 is 1.48 bits per heavy atom. The minimum Gasteiger partial charge on any atom is -0.494 e. The van der Waals surface area contributed by atoms with Crippen molar-refractivity contribution in [1.29, 1.82) is 0 Å². The summed E-state index contributed by atoms with van der Waals surface area (Å²) >= 11 is 0. The first-order valence-corrected chi connectivity index (χ1v) is 8.26. The van der Waals surface area contributed by atoms with Crippen LogP contribution >= 0.6 is 0 Å². The van der Waals surface area contributed by atoms with E-state index in [0.29, 0.717) is 24.6 Å². The number of aryl methyl sites for hydroxylation is 2. The lowest BCUT2D eigenvalue weighted by Crippen LogP contribution is -2.37. The zero-order valence-electron chi connectivity index (χ0n) is 14.9. The molecule has 1 saturated heterocycles. The highest BCUT2D eigenvalue weighted by molar-refractivity contribution is 5.94. The van der Waals surface area contributed by atoms with Gasteiger partial charge in [0.05, 0.1) is 19.1 Å². The van der Waals surface area contributed by atoms with Gasteiger partial charge in [-0.25, -0.2) is 9.97 Å². The molecule has 0 saturated carbocycles. The number of nitrogens with one attached hydrogen (secondary N) is 1. The summed E-state index contributed by atoms with van der Waals surface area (Å²) < 4.78 is 11.1. The molecule has 0 unspecified atom stereocenters. The van der Waals surface area contributed by atoms with E-state index in [0.717, 1.165) is 23.6 Å². The van der Waals surface area contributed by atoms with Crippen molar-refractivity contribution in [3.63, 3.8) is 0 Å². The smallest absolute Gasteiger partial charge is 0.276 e. The molecule has 0 bridgehead atoms. The number of amides is 1. The second kappa shape index (κ2) is 7.18. The van der Waals surface area contributed by atoms with Gasteiger partial charge in [-0.2, -0.15) is 5.10 Å². The fourth-order valence-electron chi connectivity index (χ4n) is 3.04. The van der Waals surface area contributed by atoms with E-state index in [4.69, 9.17) is 9.47 Å². The van der Waals surface area contributed by atoms with Crippen LogP contribution in [0.5, 0.6) is 5.75 Å². The molecule has 1 aliphatic heterocycles. The highest BCUT2D eigenvalue weighted by Gasteiger charge is 2.34. The van der Waals surface area contributed by atoms with Gasteiger partial charge in [0.2, 0.25) is 0 Å². The van der Waals surface area contributed by atoms with Crippen molar-refractivity contribution in [2.24, 2.45) is 0 Å². The van der Waals surface area contributed by atoms with Crippen LogP contribution in [0.1, 0.15) is 40.0 Å². The number of nitrogens with zero attached hydrogens (tertiary/aromatic N) is 4. The second-order valence-electron chi connectivity index (χ2n) is 6.33. The van der Waals surface area contributed by atoms with Crippen molar-refractivity contribution in [1.82, 2.24) is 25.1 Å². The zero-order chi connectivity index (χ0) is 18.0. The monoisotopic (exact) mass is 345 g/mol. The summed E-state index contributed by atoms with van der Waals surface area (Å²) in [7, 11) is 3.28. The number of H-pyrrole nitrogens is 1. The van der Waals surface area contributed by atoms with E-state index in [1.807, 2.05) is 13.8 Å². The Hall–Kier alpha value is -2.48. The number of rotatable bonds is 5. The first-order valence-electron chi connectivity index (χ1n) is 8.26. The minimum absolute atomic E-state index is 0.0769. The summed E-state index contributed by atoms with van der Waals surface area (Å²) in [5.74, 6) is 1.88. The van der Waals surface area contributed by atoms with Gasteiger partial charge in [0.15, 0.2) is 11.5 Å². The summed E-state index contributed by atoms with van der Waals surface area (Å²) in [4.78, 5) is 23.0. The van der Waals surface area contributed by atoms with Crippen molar-refractivity contribution >= 4 is 5.91 Å². The van der Waals surface area contributed by atoms with E-state index in [1.165, 1.54) is 7.11 Å². The Labute approximate surface area is 146 Å². The van der Waals surface area contributed by atoms with Crippen LogP contribution in [0.2, 0.25) is 0 Å². The Bertz CT molecular complexity index is 760. The van der Waals surface area contributed by atoms with E-state index in [-0.39, 0.29) is 17.9 Å². The lowest BCUT2D eigenvalue weighted by molar-refractivity contribution is 0.0543. The molecular weight excluding hydrogens is 322 g/mol. The van der Waals surface area contributed by atoms with Crippen LogP contribution in [0.15, 0.2) is 12.3 Å². The molecule has 1 aliphatic rings. The number of hydrogen-bond acceptors (Lipinski definition) is 6. The largest absolute Gasteiger partial charge is 0.494 e. The lowest BCUT2D eigenvalue weighted by Gasteiger charge is -2.24. The van der Waals surface area contributed by atoms with Gasteiger partial charge in [-0.1, -0.05) is 0 Å². The van der Waals surface area contributed by atoms with Crippen LogP contribution < -0.4 is 4.74 Å². The predicted molar refractivity (Wildman–Crippen MR) is 90.7 cm³/mol. The van der Waals surface area contributed by atoms with Crippen LogP contribution in [0.25, 0.3) is 0 Å². The van der Waals surface area contributed by atoms with E-state index >= 15 is 0 Å². The molecule has 0 radical (unpaired) electrons. The first-order chi connectivity index (χ1) is 12.0. The molecule has 1 amide bonds. The van der Waals surface area contributed by atoms with Crippen LogP contribution in [-0.2, 0) is 4.74 Å². The fourth-order valence-corrected chi connectivity index (χ4v) is 3.04. The quantitative estimate of drug-likeness (QED) is 0.882. The summed E-state index contributed by atoms with van der Waals surface area (Å²) in [6.45, 7) is 4.85. The van der Waals surface area contributed by atoms with Crippen molar-refractivity contribution in [2.75, 3.05) is 27.3 Å². The van der Waals surface area contributed by atoms with Crippen molar-refractivity contribution < 1.29 is 14.3 Å². The van der Waals surface area contributed by atoms with Gasteiger partial charge in [-0.05, 0) is 31.9 Å².